The lowest BCUT2D eigenvalue weighted by Gasteiger charge is -2.25. The third-order valence-corrected chi connectivity index (χ3v) is 2.03. The van der Waals surface area contributed by atoms with Gasteiger partial charge in [0.15, 0.2) is 0 Å². The summed E-state index contributed by atoms with van der Waals surface area (Å²) < 4.78 is 0. The van der Waals surface area contributed by atoms with Gasteiger partial charge in [-0.25, -0.2) is 0 Å². The minimum Gasteiger partial charge on any atom is -0.319 e. The summed E-state index contributed by atoms with van der Waals surface area (Å²) in [5, 5.41) is 0. The number of rotatable bonds is 3. The minimum absolute atomic E-state index is 0.560. The summed E-state index contributed by atoms with van der Waals surface area (Å²) in [4.78, 5) is 6.12. The summed E-state index contributed by atoms with van der Waals surface area (Å²) in [6.45, 7) is 10.5. The third kappa shape index (κ3) is 2.59. The van der Waals surface area contributed by atoms with Gasteiger partial charge in [0.1, 0.15) is 0 Å². The third-order valence-electron chi connectivity index (χ3n) is 2.03. The Balaban J connectivity index is 2.85. The van der Waals surface area contributed by atoms with Crippen LogP contribution in [0.3, 0.4) is 0 Å². The molecule has 1 aliphatic heterocycles. The molecule has 1 aliphatic rings. The Labute approximate surface area is 86.3 Å². The summed E-state index contributed by atoms with van der Waals surface area (Å²) in [5.74, 6) is 0.560. The van der Waals surface area contributed by atoms with Gasteiger partial charge < -0.3 is 4.90 Å². The molecule has 14 heavy (non-hydrogen) atoms. The summed E-state index contributed by atoms with van der Waals surface area (Å²) in [7, 11) is 0. The number of allylic oxidation sites excluding steroid dienone is 3. The highest BCUT2D eigenvalue weighted by Crippen LogP contribution is 2.18. The van der Waals surface area contributed by atoms with Crippen LogP contribution in [0.4, 0.5) is 0 Å². The van der Waals surface area contributed by atoms with E-state index in [4.69, 9.17) is 0 Å². The van der Waals surface area contributed by atoms with Crippen molar-refractivity contribution in [2.75, 3.05) is 0 Å². The van der Waals surface area contributed by atoms with Gasteiger partial charge >= 0.3 is 0 Å². The number of aliphatic imine (C=N–C) groups is 1. The van der Waals surface area contributed by atoms with Gasteiger partial charge in [0, 0.05) is 18.1 Å². The van der Waals surface area contributed by atoms with Crippen molar-refractivity contribution >= 4 is 6.21 Å². The smallest absolute Gasteiger partial charge is 0.0563 e. The van der Waals surface area contributed by atoms with Crippen molar-refractivity contribution in [2.24, 2.45) is 10.9 Å². The van der Waals surface area contributed by atoms with Gasteiger partial charge in [-0.2, -0.15) is 0 Å². The zero-order valence-corrected chi connectivity index (χ0v) is 9.20. The van der Waals surface area contributed by atoms with Gasteiger partial charge in [0.25, 0.3) is 0 Å². The van der Waals surface area contributed by atoms with Crippen LogP contribution in [0.5, 0.6) is 0 Å². The summed E-state index contributed by atoms with van der Waals surface area (Å²) >= 11 is 0. The molecule has 0 atom stereocenters. The second-order valence-electron chi connectivity index (χ2n) is 3.69. The van der Waals surface area contributed by atoms with Crippen LogP contribution in [0.1, 0.15) is 27.2 Å². The van der Waals surface area contributed by atoms with E-state index in [2.05, 4.69) is 43.3 Å². The van der Waals surface area contributed by atoms with Crippen LogP contribution in [-0.2, 0) is 0 Å². The van der Waals surface area contributed by atoms with Gasteiger partial charge in [0.05, 0.1) is 11.9 Å². The molecule has 2 heteroatoms. The summed E-state index contributed by atoms with van der Waals surface area (Å²) in [5.41, 5.74) is 2.22. The highest BCUT2D eigenvalue weighted by Gasteiger charge is 2.09. The molecule has 0 N–H and O–H groups in total. The fourth-order valence-electron chi connectivity index (χ4n) is 1.43. The van der Waals surface area contributed by atoms with Crippen LogP contribution >= 0.6 is 0 Å². The Morgan fingerprint density at radius 1 is 1.64 bits per heavy atom. The molecule has 0 aliphatic carbocycles. The number of nitrogens with zero attached hydrogens (tertiary/aromatic N) is 2. The van der Waals surface area contributed by atoms with Crippen molar-refractivity contribution in [2.45, 2.75) is 27.2 Å². The lowest BCUT2D eigenvalue weighted by Crippen LogP contribution is -2.18. The fourth-order valence-corrected chi connectivity index (χ4v) is 1.43. The number of hydrogen-bond donors (Lipinski definition) is 0. The van der Waals surface area contributed by atoms with E-state index in [1.807, 2.05) is 6.20 Å². The fraction of sp³-hybridized carbons (Fsp3) is 0.417. The summed E-state index contributed by atoms with van der Waals surface area (Å²) in [6.07, 6.45) is 8.80. The Morgan fingerprint density at radius 2 is 2.36 bits per heavy atom. The SMILES string of the molecule is C=C1C=NC=CN1/C(=C\C(C)C)CC. The molecule has 0 aromatic carbocycles. The first-order chi connectivity index (χ1) is 6.65. The highest BCUT2D eigenvalue weighted by molar-refractivity contribution is 5.79. The normalized spacial score (nSPS) is 17.0. The van der Waals surface area contributed by atoms with E-state index < -0.39 is 0 Å². The Kier molecular flexibility index (Phi) is 3.69. The lowest BCUT2D eigenvalue weighted by atomic mass is 10.1. The van der Waals surface area contributed by atoms with Crippen molar-refractivity contribution < 1.29 is 0 Å². The Hall–Kier alpha value is -1.31. The van der Waals surface area contributed by atoms with Crippen LogP contribution in [-0.4, -0.2) is 11.1 Å². The first-order valence-electron chi connectivity index (χ1n) is 5.03. The monoisotopic (exact) mass is 190 g/mol. The first-order valence-corrected chi connectivity index (χ1v) is 5.03. The van der Waals surface area contributed by atoms with Gasteiger partial charge in [-0.05, 0) is 12.3 Å². The van der Waals surface area contributed by atoms with Crippen LogP contribution in [0.25, 0.3) is 0 Å². The van der Waals surface area contributed by atoms with E-state index in [0.29, 0.717) is 5.92 Å². The molecular weight excluding hydrogens is 172 g/mol. The highest BCUT2D eigenvalue weighted by atomic mass is 15.1. The first kappa shape index (κ1) is 10.8. The van der Waals surface area contributed by atoms with E-state index in [1.165, 1.54) is 5.70 Å². The standard InChI is InChI=1S/C12H18N2/c1-5-12(8-10(2)3)14-7-6-13-9-11(14)4/h6-10H,4-5H2,1-3H3/b12-8-. The maximum absolute atomic E-state index is 4.03. The Bertz CT molecular complexity index is 295. The van der Waals surface area contributed by atoms with Crippen molar-refractivity contribution in [1.29, 1.82) is 0 Å². The molecule has 1 rings (SSSR count). The molecule has 0 fully saturated rings. The van der Waals surface area contributed by atoms with Crippen LogP contribution in [0, 0.1) is 5.92 Å². The molecule has 0 spiro atoms. The second-order valence-corrected chi connectivity index (χ2v) is 3.69. The number of hydrogen-bond acceptors (Lipinski definition) is 2. The average Bonchev–Trinajstić information content (AvgIpc) is 2.15. The Morgan fingerprint density at radius 3 is 2.86 bits per heavy atom. The molecule has 0 bridgehead atoms. The van der Waals surface area contributed by atoms with Gasteiger partial charge in [-0.15, -0.1) is 0 Å². The van der Waals surface area contributed by atoms with E-state index in [9.17, 15) is 0 Å². The quantitative estimate of drug-likeness (QED) is 0.666. The maximum atomic E-state index is 4.03. The largest absolute Gasteiger partial charge is 0.319 e. The lowest BCUT2D eigenvalue weighted by molar-refractivity contribution is 0.564. The summed E-state index contributed by atoms with van der Waals surface area (Å²) in [6, 6.07) is 0. The van der Waals surface area contributed by atoms with E-state index >= 15 is 0 Å². The molecule has 0 saturated carbocycles. The second kappa shape index (κ2) is 4.80. The van der Waals surface area contributed by atoms with Crippen molar-refractivity contribution in [1.82, 2.24) is 4.90 Å². The van der Waals surface area contributed by atoms with E-state index in [0.717, 1.165) is 12.1 Å². The van der Waals surface area contributed by atoms with Crippen molar-refractivity contribution in [3.63, 3.8) is 0 Å². The predicted octanol–water partition coefficient (Wildman–Crippen LogP) is 3.31. The van der Waals surface area contributed by atoms with E-state index in [-0.39, 0.29) is 0 Å². The molecule has 2 nitrogen and oxygen atoms in total. The van der Waals surface area contributed by atoms with Gasteiger partial charge in [-0.3, -0.25) is 4.99 Å². The molecule has 0 aromatic heterocycles. The molecule has 0 saturated heterocycles. The van der Waals surface area contributed by atoms with Crippen LogP contribution in [0.15, 0.2) is 41.4 Å². The molecule has 0 radical (unpaired) electrons. The molecule has 1 heterocycles. The molecule has 76 valence electrons. The van der Waals surface area contributed by atoms with Crippen LogP contribution in [0.2, 0.25) is 0 Å². The maximum Gasteiger partial charge on any atom is 0.0563 e. The van der Waals surface area contributed by atoms with Gasteiger partial charge in [0.2, 0.25) is 0 Å². The van der Waals surface area contributed by atoms with E-state index in [1.54, 1.807) is 12.4 Å². The van der Waals surface area contributed by atoms with Gasteiger partial charge in [-0.1, -0.05) is 33.4 Å². The zero-order chi connectivity index (χ0) is 10.6. The molecule has 0 aromatic rings. The molecular formula is C12H18N2. The zero-order valence-electron chi connectivity index (χ0n) is 9.20. The minimum atomic E-state index is 0.560. The molecule has 0 unspecified atom stereocenters. The topological polar surface area (TPSA) is 15.6 Å². The predicted molar refractivity (Wildman–Crippen MR) is 61.8 cm³/mol. The van der Waals surface area contributed by atoms with Crippen molar-refractivity contribution in [3.8, 4) is 0 Å². The molecule has 0 amide bonds. The van der Waals surface area contributed by atoms with Crippen LogP contribution < -0.4 is 0 Å². The average molecular weight is 190 g/mol. The van der Waals surface area contributed by atoms with Crippen molar-refractivity contribution in [3.05, 3.63) is 36.4 Å².